The van der Waals surface area contributed by atoms with Crippen molar-refractivity contribution in [2.45, 2.75) is 59.7 Å². The fraction of sp³-hybridized carbons (Fsp3) is 0.600. The number of rotatable bonds is 3. The lowest BCUT2D eigenvalue weighted by atomic mass is 10.0. The summed E-state index contributed by atoms with van der Waals surface area (Å²) in [6, 6.07) is 0. The molecule has 0 fully saturated rings. The number of hydrogen-bond donors (Lipinski definition) is 2. The van der Waals surface area contributed by atoms with Crippen LogP contribution >= 0.6 is 0 Å². The zero-order valence-corrected chi connectivity index (χ0v) is 15.1. The summed E-state index contributed by atoms with van der Waals surface area (Å²) in [5.74, 6) is -0.154. The van der Waals surface area contributed by atoms with Gasteiger partial charge in [-0.05, 0) is 50.0 Å². The maximum Gasteiger partial charge on any atom is 0.250 e. The molecule has 0 aliphatic carbocycles. The van der Waals surface area contributed by atoms with Gasteiger partial charge in [-0.3, -0.25) is 10.4 Å². The molecule has 21 heavy (non-hydrogen) atoms. The van der Waals surface area contributed by atoms with Crippen LogP contribution in [0.15, 0.2) is 0 Å². The normalized spacial score (nSPS) is 12.5. The third-order valence-corrected chi connectivity index (χ3v) is 8.83. The fourth-order valence-electron chi connectivity index (χ4n) is 1.87. The van der Waals surface area contributed by atoms with Crippen LogP contribution in [0.5, 0.6) is 5.75 Å². The van der Waals surface area contributed by atoms with Gasteiger partial charge in [0.2, 0.25) is 0 Å². The predicted molar refractivity (Wildman–Crippen MR) is 84.5 cm³/mol. The second-order valence-electron chi connectivity index (χ2n) is 7.02. The molecule has 120 valence electrons. The van der Waals surface area contributed by atoms with Crippen LogP contribution in [0.1, 0.15) is 37.5 Å². The Morgan fingerprint density at radius 1 is 1.00 bits per heavy atom. The molecule has 0 spiro atoms. The molecule has 1 rings (SSSR count). The molecule has 0 radical (unpaired) electrons. The highest BCUT2D eigenvalue weighted by Crippen LogP contribution is 2.42. The van der Waals surface area contributed by atoms with Crippen molar-refractivity contribution in [2.75, 3.05) is 5.23 Å². The van der Waals surface area contributed by atoms with Crippen molar-refractivity contribution in [3.63, 3.8) is 0 Å². The summed E-state index contributed by atoms with van der Waals surface area (Å²) in [6.07, 6.45) is 0. The Balaban J connectivity index is 3.48. The lowest BCUT2D eigenvalue weighted by Gasteiger charge is -2.38. The Bertz CT molecular complexity index is 522. The van der Waals surface area contributed by atoms with Gasteiger partial charge in [-0.1, -0.05) is 20.8 Å². The molecular weight excluding hydrogens is 289 g/mol. The number of hydrogen-bond acceptors (Lipinski definition) is 4. The summed E-state index contributed by atoms with van der Waals surface area (Å²) in [6.45, 7) is 15.6. The molecule has 1 aromatic carbocycles. The minimum absolute atomic E-state index is 0.00503. The van der Waals surface area contributed by atoms with E-state index in [1.807, 2.05) is 0 Å². The third-order valence-electron chi connectivity index (χ3n) is 4.50. The zero-order valence-electron chi connectivity index (χ0n) is 14.1. The van der Waals surface area contributed by atoms with Crippen LogP contribution in [-0.4, -0.2) is 18.7 Å². The van der Waals surface area contributed by atoms with Crippen molar-refractivity contribution in [2.24, 2.45) is 0 Å². The Morgan fingerprint density at radius 3 is 1.86 bits per heavy atom. The Labute approximate surface area is 127 Å². The van der Waals surface area contributed by atoms with E-state index in [0.29, 0.717) is 16.9 Å². The van der Waals surface area contributed by atoms with Gasteiger partial charge in [-0.15, -0.1) is 5.23 Å². The van der Waals surface area contributed by atoms with Crippen LogP contribution < -0.4 is 9.65 Å². The van der Waals surface area contributed by atoms with Gasteiger partial charge in [-0.2, -0.15) is 0 Å². The van der Waals surface area contributed by atoms with Crippen molar-refractivity contribution in [1.29, 1.82) is 0 Å². The lowest BCUT2D eigenvalue weighted by Crippen LogP contribution is -2.44. The summed E-state index contributed by atoms with van der Waals surface area (Å²) in [5.41, 5.74) is 1.25. The van der Waals surface area contributed by atoms with Gasteiger partial charge in [-0.25, -0.2) is 4.39 Å². The first-order valence-electron chi connectivity index (χ1n) is 6.97. The lowest BCUT2D eigenvalue weighted by molar-refractivity contribution is 0.0268. The first-order valence-corrected chi connectivity index (χ1v) is 9.88. The number of benzene rings is 1. The molecule has 0 saturated carbocycles. The summed E-state index contributed by atoms with van der Waals surface area (Å²) < 4.78 is 20.6. The van der Waals surface area contributed by atoms with E-state index in [2.05, 4.69) is 33.9 Å². The number of anilines is 1. The first-order chi connectivity index (χ1) is 9.31. The minimum Gasteiger partial charge on any atom is -0.543 e. The third kappa shape index (κ3) is 3.22. The molecule has 0 bridgehead atoms. The molecule has 1 aromatic rings. The minimum atomic E-state index is -2.10. The standard InChI is InChI=1S/C15H26FNO3Si/c1-9-10(2)14(20-21(7,8)15(4,5)6)11(3)12(16)13(9)17(18)19/h18-19H,1-8H3. The monoisotopic (exact) mass is 315 g/mol. The largest absolute Gasteiger partial charge is 0.543 e. The van der Waals surface area contributed by atoms with Gasteiger partial charge in [0.15, 0.2) is 5.82 Å². The highest BCUT2D eigenvalue weighted by molar-refractivity contribution is 6.74. The molecule has 0 saturated heterocycles. The van der Waals surface area contributed by atoms with Gasteiger partial charge >= 0.3 is 0 Å². The molecule has 2 N–H and O–H groups in total. The van der Waals surface area contributed by atoms with E-state index >= 15 is 0 Å². The molecular formula is C15H26FNO3Si. The average Bonchev–Trinajstić information content (AvgIpc) is 2.30. The van der Waals surface area contributed by atoms with Crippen molar-refractivity contribution >= 4 is 14.0 Å². The van der Waals surface area contributed by atoms with Crippen LogP contribution in [0, 0.1) is 26.6 Å². The van der Waals surface area contributed by atoms with Crippen molar-refractivity contribution < 1.29 is 19.2 Å². The highest BCUT2D eigenvalue weighted by Gasteiger charge is 2.40. The Kier molecular flexibility index (Phi) is 4.77. The van der Waals surface area contributed by atoms with Crippen LogP contribution in [0.2, 0.25) is 18.1 Å². The van der Waals surface area contributed by atoms with Crippen LogP contribution in [0.3, 0.4) is 0 Å². The highest BCUT2D eigenvalue weighted by atomic mass is 28.4. The van der Waals surface area contributed by atoms with Crippen LogP contribution in [-0.2, 0) is 0 Å². The first kappa shape index (κ1) is 17.9. The van der Waals surface area contributed by atoms with Crippen molar-refractivity contribution in [3.8, 4) is 5.75 Å². The van der Waals surface area contributed by atoms with E-state index in [4.69, 9.17) is 4.43 Å². The van der Waals surface area contributed by atoms with Crippen molar-refractivity contribution in [3.05, 3.63) is 22.5 Å². The van der Waals surface area contributed by atoms with Crippen LogP contribution in [0.4, 0.5) is 10.1 Å². The smallest absolute Gasteiger partial charge is 0.250 e. The van der Waals surface area contributed by atoms with Gasteiger partial charge in [0.25, 0.3) is 8.32 Å². The van der Waals surface area contributed by atoms with Crippen LogP contribution in [0.25, 0.3) is 0 Å². The average molecular weight is 315 g/mol. The Morgan fingerprint density at radius 2 is 1.48 bits per heavy atom. The second kappa shape index (κ2) is 5.59. The van der Waals surface area contributed by atoms with E-state index in [1.54, 1.807) is 20.8 Å². The second-order valence-corrected chi connectivity index (χ2v) is 11.7. The molecule has 4 nitrogen and oxygen atoms in total. The van der Waals surface area contributed by atoms with Gasteiger partial charge in [0.05, 0.1) is 0 Å². The van der Waals surface area contributed by atoms with Gasteiger partial charge in [0, 0.05) is 5.56 Å². The van der Waals surface area contributed by atoms with E-state index in [0.717, 1.165) is 5.56 Å². The molecule has 0 aliphatic heterocycles. The zero-order chi connectivity index (χ0) is 16.7. The SMILES string of the molecule is Cc1c(C)c(N(O)O)c(F)c(C)c1O[Si](C)(C)C(C)(C)C. The molecule has 0 aromatic heterocycles. The van der Waals surface area contributed by atoms with E-state index in [9.17, 15) is 14.8 Å². The molecule has 6 heteroatoms. The van der Waals surface area contributed by atoms with Gasteiger partial charge < -0.3 is 4.43 Å². The topological polar surface area (TPSA) is 52.9 Å². The summed E-state index contributed by atoms with van der Waals surface area (Å²) in [5, 5.41) is 18.2. The maximum atomic E-state index is 14.4. The number of halogens is 1. The van der Waals surface area contributed by atoms with Crippen molar-refractivity contribution in [1.82, 2.24) is 0 Å². The Hall–Kier alpha value is -1.11. The summed E-state index contributed by atoms with van der Waals surface area (Å²) in [4.78, 5) is 0. The van der Waals surface area contributed by atoms with E-state index < -0.39 is 14.1 Å². The van der Waals surface area contributed by atoms with E-state index in [1.165, 1.54) is 0 Å². The molecule has 0 unspecified atom stereocenters. The maximum absolute atomic E-state index is 14.4. The fourth-order valence-corrected chi connectivity index (χ4v) is 2.99. The predicted octanol–water partition coefficient (Wildman–Crippen LogP) is 4.72. The molecule has 0 amide bonds. The summed E-state index contributed by atoms with van der Waals surface area (Å²) >= 11 is 0. The quantitative estimate of drug-likeness (QED) is 0.626. The summed E-state index contributed by atoms with van der Waals surface area (Å²) in [7, 11) is -2.10. The van der Waals surface area contributed by atoms with E-state index in [-0.39, 0.29) is 16.0 Å². The molecule has 0 heterocycles. The molecule has 0 aliphatic rings. The van der Waals surface area contributed by atoms with Gasteiger partial charge in [0.1, 0.15) is 11.4 Å². The molecule has 0 atom stereocenters. The number of nitrogens with zero attached hydrogens (tertiary/aromatic N) is 1.